The maximum absolute atomic E-state index is 12.7. The average Bonchev–Trinajstić information content (AvgIpc) is 3.21. The van der Waals surface area contributed by atoms with Gasteiger partial charge in [-0.05, 0) is 25.0 Å². The Balaban J connectivity index is 1.51. The van der Waals surface area contributed by atoms with Crippen molar-refractivity contribution in [3.05, 3.63) is 70.8 Å². The highest BCUT2D eigenvalue weighted by molar-refractivity contribution is 5.96. The predicted molar refractivity (Wildman–Crippen MR) is 97.5 cm³/mol. The molecule has 0 aromatic heterocycles. The van der Waals surface area contributed by atoms with Gasteiger partial charge in [0, 0.05) is 18.5 Å². The molecule has 2 aliphatic rings. The Morgan fingerprint density at radius 2 is 1.89 bits per heavy atom. The fourth-order valence-corrected chi connectivity index (χ4v) is 3.60. The molecule has 1 saturated heterocycles. The van der Waals surface area contributed by atoms with Crippen molar-refractivity contribution in [2.75, 3.05) is 0 Å². The van der Waals surface area contributed by atoms with Crippen molar-refractivity contribution in [3.8, 4) is 0 Å². The quantitative estimate of drug-likeness (QED) is 0.846. The molecule has 1 fully saturated rings. The van der Waals surface area contributed by atoms with E-state index in [4.69, 9.17) is 4.74 Å². The van der Waals surface area contributed by atoms with Gasteiger partial charge in [-0.2, -0.15) is 0 Å². The minimum absolute atomic E-state index is 0.181. The van der Waals surface area contributed by atoms with Gasteiger partial charge in [0.15, 0.2) is 0 Å². The highest BCUT2D eigenvalue weighted by Crippen LogP contribution is 2.38. The maximum atomic E-state index is 12.7. The Kier molecular flexibility index (Phi) is 4.39. The van der Waals surface area contributed by atoms with Gasteiger partial charge in [0.25, 0.3) is 0 Å². The molecule has 27 heavy (non-hydrogen) atoms. The summed E-state index contributed by atoms with van der Waals surface area (Å²) >= 11 is 0. The first kappa shape index (κ1) is 17.3. The molecular formula is C21H20N2O4. The van der Waals surface area contributed by atoms with Crippen molar-refractivity contribution in [1.29, 1.82) is 0 Å². The topological polar surface area (TPSA) is 75.7 Å². The summed E-state index contributed by atoms with van der Waals surface area (Å²) in [4.78, 5) is 38.7. The summed E-state index contributed by atoms with van der Waals surface area (Å²) in [5.74, 6) is -0.879. The van der Waals surface area contributed by atoms with Gasteiger partial charge in [-0.25, -0.2) is 4.79 Å². The van der Waals surface area contributed by atoms with Gasteiger partial charge < -0.3 is 10.1 Å². The van der Waals surface area contributed by atoms with Crippen molar-refractivity contribution in [2.24, 2.45) is 0 Å². The SMILES string of the molecule is Cc1ccc(CNC(=O)[C@H]2CCC(=O)N2[C@@H]2OC(=O)c3ccccc32)cc1. The van der Waals surface area contributed by atoms with E-state index in [1.54, 1.807) is 24.3 Å². The summed E-state index contributed by atoms with van der Waals surface area (Å²) in [6.07, 6.45) is -0.160. The van der Waals surface area contributed by atoms with Gasteiger partial charge in [-0.1, -0.05) is 48.0 Å². The van der Waals surface area contributed by atoms with E-state index < -0.39 is 18.2 Å². The van der Waals surface area contributed by atoms with Gasteiger partial charge in [0.2, 0.25) is 18.0 Å². The lowest BCUT2D eigenvalue weighted by atomic mass is 10.1. The van der Waals surface area contributed by atoms with Crippen LogP contribution in [0.1, 0.15) is 46.1 Å². The Hall–Kier alpha value is -3.15. The molecule has 138 valence electrons. The van der Waals surface area contributed by atoms with Crippen LogP contribution in [0, 0.1) is 6.92 Å². The monoisotopic (exact) mass is 364 g/mol. The van der Waals surface area contributed by atoms with Gasteiger partial charge >= 0.3 is 5.97 Å². The number of fused-ring (bicyclic) bond motifs is 1. The van der Waals surface area contributed by atoms with Crippen LogP contribution < -0.4 is 5.32 Å². The van der Waals surface area contributed by atoms with Gasteiger partial charge in [-0.15, -0.1) is 0 Å². The molecule has 2 amide bonds. The number of amides is 2. The number of benzene rings is 2. The Labute approximate surface area is 157 Å². The van der Waals surface area contributed by atoms with E-state index in [1.165, 1.54) is 4.90 Å². The number of cyclic esters (lactones) is 1. The summed E-state index contributed by atoms with van der Waals surface area (Å²) in [6, 6.07) is 14.2. The zero-order valence-corrected chi connectivity index (χ0v) is 15.0. The standard InChI is InChI=1S/C21H20N2O4/c1-13-6-8-14(9-7-13)12-22-19(25)17-10-11-18(24)23(17)20-15-4-2-3-5-16(15)21(26)27-20/h2-9,17,20H,10-12H2,1H3,(H,22,25)/t17-,20-/m1/s1. The molecule has 2 aromatic carbocycles. The van der Waals surface area contributed by atoms with Crippen LogP contribution in [0.5, 0.6) is 0 Å². The van der Waals surface area contributed by atoms with Gasteiger partial charge in [0.05, 0.1) is 5.56 Å². The minimum atomic E-state index is -0.834. The van der Waals surface area contributed by atoms with Crippen LogP contribution in [0.4, 0.5) is 0 Å². The smallest absolute Gasteiger partial charge is 0.340 e. The molecule has 1 N–H and O–H groups in total. The predicted octanol–water partition coefficient (Wildman–Crippen LogP) is 2.47. The summed E-state index contributed by atoms with van der Waals surface area (Å²) in [6.45, 7) is 2.39. The molecule has 0 saturated carbocycles. The molecular weight excluding hydrogens is 344 g/mol. The van der Waals surface area contributed by atoms with Crippen LogP contribution in [0.2, 0.25) is 0 Å². The number of likely N-dealkylation sites (tertiary alicyclic amines) is 1. The highest BCUT2D eigenvalue weighted by Gasteiger charge is 2.46. The van der Waals surface area contributed by atoms with E-state index in [0.717, 1.165) is 11.1 Å². The number of esters is 1. The van der Waals surface area contributed by atoms with E-state index >= 15 is 0 Å². The Morgan fingerprint density at radius 1 is 1.15 bits per heavy atom. The number of rotatable bonds is 4. The number of hydrogen-bond donors (Lipinski definition) is 1. The Morgan fingerprint density at radius 3 is 2.67 bits per heavy atom. The molecule has 0 spiro atoms. The van der Waals surface area contributed by atoms with E-state index in [0.29, 0.717) is 24.1 Å². The van der Waals surface area contributed by atoms with Crippen LogP contribution in [-0.4, -0.2) is 28.7 Å². The second-order valence-electron chi connectivity index (χ2n) is 6.90. The third kappa shape index (κ3) is 3.18. The molecule has 0 unspecified atom stereocenters. The molecule has 2 aromatic rings. The number of hydrogen-bond acceptors (Lipinski definition) is 4. The van der Waals surface area contributed by atoms with Crippen LogP contribution in [0.25, 0.3) is 0 Å². The van der Waals surface area contributed by atoms with Gasteiger partial charge in [0.1, 0.15) is 6.04 Å². The lowest BCUT2D eigenvalue weighted by molar-refractivity contribution is -0.145. The number of carbonyl (C=O) groups excluding carboxylic acids is 3. The third-order valence-corrected chi connectivity index (χ3v) is 5.06. The lowest BCUT2D eigenvalue weighted by Gasteiger charge is -2.29. The van der Waals surface area contributed by atoms with E-state index in [9.17, 15) is 14.4 Å². The van der Waals surface area contributed by atoms with Crippen molar-refractivity contribution in [2.45, 2.75) is 38.6 Å². The fraction of sp³-hybridized carbons (Fsp3) is 0.286. The molecule has 6 nitrogen and oxygen atoms in total. The van der Waals surface area contributed by atoms with Crippen LogP contribution in [0.15, 0.2) is 48.5 Å². The van der Waals surface area contributed by atoms with Crippen molar-refractivity contribution < 1.29 is 19.1 Å². The highest BCUT2D eigenvalue weighted by atomic mass is 16.6. The summed E-state index contributed by atoms with van der Waals surface area (Å²) < 4.78 is 5.43. The number of ether oxygens (including phenoxy) is 1. The second-order valence-corrected chi connectivity index (χ2v) is 6.90. The summed E-state index contributed by atoms with van der Waals surface area (Å²) in [5.41, 5.74) is 3.22. The zero-order chi connectivity index (χ0) is 19.0. The molecule has 2 atom stereocenters. The van der Waals surface area contributed by atoms with Crippen molar-refractivity contribution in [1.82, 2.24) is 10.2 Å². The molecule has 6 heteroatoms. The molecule has 0 bridgehead atoms. The fourth-order valence-electron chi connectivity index (χ4n) is 3.60. The van der Waals surface area contributed by atoms with Crippen molar-refractivity contribution in [3.63, 3.8) is 0 Å². The van der Waals surface area contributed by atoms with Crippen LogP contribution >= 0.6 is 0 Å². The lowest BCUT2D eigenvalue weighted by Crippen LogP contribution is -2.46. The van der Waals surface area contributed by atoms with E-state index in [2.05, 4.69) is 5.32 Å². The van der Waals surface area contributed by atoms with Crippen LogP contribution in [0.3, 0.4) is 0 Å². The average molecular weight is 364 g/mol. The number of nitrogens with zero attached hydrogens (tertiary/aromatic N) is 1. The number of carbonyl (C=O) groups is 3. The minimum Gasteiger partial charge on any atom is -0.433 e. The molecule has 2 heterocycles. The first-order chi connectivity index (χ1) is 13.0. The third-order valence-electron chi connectivity index (χ3n) is 5.06. The number of aryl methyl sites for hydroxylation is 1. The van der Waals surface area contributed by atoms with Gasteiger partial charge in [-0.3, -0.25) is 14.5 Å². The Bertz CT molecular complexity index is 907. The molecule has 0 radical (unpaired) electrons. The molecule has 2 aliphatic heterocycles. The first-order valence-corrected chi connectivity index (χ1v) is 8.99. The molecule has 4 rings (SSSR count). The van der Waals surface area contributed by atoms with E-state index in [1.807, 2.05) is 31.2 Å². The normalized spacial score (nSPS) is 21.1. The summed E-state index contributed by atoms with van der Waals surface area (Å²) in [7, 11) is 0. The molecule has 0 aliphatic carbocycles. The van der Waals surface area contributed by atoms with Crippen LogP contribution in [-0.2, 0) is 20.9 Å². The van der Waals surface area contributed by atoms with Crippen molar-refractivity contribution >= 4 is 17.8 Å². The zero-order valence-electron chi connectivity index (χ0n) is 15.0. The largest absolute Gasteiger partial charge is 0.433 e. The number of nitrogens with one attached hydrogen (secondary N) is 1. The second kappa shape index (κ2) is 6.87. The first-order valence-electron chi connectivity index (χ1n) is 8.99. The summed E-state index contributed by atoms with van der Waals surface area (Å²) in [5, 5.41) is 2.90. The maximum Gasteiger partial charge on any atom is 0.340 e. The van der Waals surface area contributed by atoms with E-state index in [-0.39, 0.29) is 18.2 Å².